The maximum atomic E-state index is 12.1. The van der Waals surface area contributed by atoms with E-state index in [0.717, 1.165) is 18.4 Å². The van der Waals surface area contributed by atoms with Gasteiger partial charge in [-0.25, -0.2) is 0 Å². The van der Waals surface area contributed by atoms with E-state index in [1.54, 1.807) is 12.1 Å². The Morgan fingerprint density at radius 2 is 2.16 bits per heavy atom. The van der Waals surface area contributed by atoms with E-state index in [9.17, 15) is 4.79 Å². The van der Waals surface area contributed by atoms with Gasteiger partial charge >= 0.3 is 0 Å². The zero-order valence-corrected chi connectivity index (χ0v) is 12.5. The Bertz CT molecular complexity index is 482. The van der Waals surface area contributed by atoms with Gasteiger partial charge in [-0.05, 0) is 44.4 Å². The SMILES string of the molecule is CC(C)(NC(=O)C1CCCO1)c1ccc(Cl)cc1Cl. The van der Waals surface area contributed by atoms with E-state index in [-0.39, 0.29) is 12.0 Å². The number of nitrogens with one attached hydrogen (secondary N) is 1. The minimum atomic E-state index is -0.565. The maximum Gasteiger partial charge on any atom is 0.249 e. The van der Waals surface area contributed by atoms with E-state index in [2.05, 4.69) is 5.32 Å². The zero-order valence-electron chi connectivity index (χ0n) is 11.0. The Morgan fingerprint density at radius 3 is 2.74 bits per heavy atom. The molecule has 1 saturated heterocycles. The summed E-state index contributed by atoms with van der Waals surface area (Å²) in [4.78, 5) is 12.1. The van der Waals surface area contributed by atoms with Crippen LogP contribution in [0.2, 0.25) is 10.0 Å². The first-order valence-electron chi connectivity index (χ1n) is 6.29. The smallest absolute Gasteiger partial charge is 0.249 e. The molecule has 19 heavy (non-hydrogen) atoms. The number of hydrogen-bond donors (Lipinski definition) is 1. The normalized spacial score (nSPS) is 19.5. The number of carbonyl (C=O) groups excluding carboxylic acids is 1. The molecular weight excluding hydrogens is 285 g/mol. The summed E-state index contributed by atoms with van der Waals surface area (Å²) in [5.41, 5.74) is 0.273. The topological polar surface area (TPSA) is 38.3 Å². The molecule has 0 saturated carbocycles. The van der Waals surface area contributed by atoms with Crippen LogP contribution in [-0.2, 0) is 15.1 Å². The van der Waals surface area contributed by atoms with Gasteiger partial charge in [0.1, 0.15) is 6.10 Å². The molecular formula is C14H17Cl2NO2. The van der Waals surface area contributed by atoms with E-state index in [1.807, 2.05) is 19.9 Å². The summed E-state index contributed by atoms with van der Waals surface area (Å²) in [5, 5.41) is 4.11. The lowest BCUT2D eigenvalue weighted by atomic mass is 9.93. The van der Waals surface area contributed by atoms with Crippen molar-refractivity contribution in [2.75, 3.05) is 6.61 Å². The molecule has 1 aromatic carbocycles. The lowest BCUT2D eigenvalue weighted by Gasteiger charge is -2.29. The molecule has 1 heterocycles. The summed E-state index contributed by atoms with van der Waals surface area (Å²) < 4.78 is 5.38. The summed E-state index contributed by atoms with van der Waals surface area (Å²) >= 11 is 12.1. The van der Waals surface area contributed by atoms with E-state index in [0.29, 0.717) is 16.7 Å². The molecule has 0 aromatic heterocycles. The van der Waals surface area contributed by atoms with Gasteiger partial charge < -0.3 is 10.1 Å². The first-order valence-corrected chi connectivity index (χ1v) is 7.05. The van der Waals surface area contributed by atoms with Crippen LogP contribution >= 0.6 is 23.2 Å². The van der Waals surface area contributed by atoms with Gasteiger partial charge in [0.05, 0.1) is 5.54 Å². The standard InChI is InChI=1S/C14H17Cl2NO2/c1-14(2,10-6-5-9(15)8-11(10)16)17-13(18)12-4-3-7-19-12/h5-6,8,12H,3-4,7H2,1-2H3,(H,17,18). The van der Waals surface area contributed by atoms with Gasteiger partial charge in [-0.2, -0.15) is 0 Å². The average molecular weight is 302 g/mol. The third-order valence-electron chi connectivity index (χ3n) is 3.26. The molecule has 3 nitrogen and oxygen atoms in total. The molecule has 0 spiro atoms. The third kappa shape index (κ3) is 3.41. The molecule has 1 unspecified atom stereocenters. The lowest BCUT2D eigenvalue weighted by molar-refractivity contribution is -0.131. The number of hydrogen-bond acceptors (Lipinski definition) is 2. The van der Waals surface area contributed by atoms with Crippen molar-refractivity contribution in [3.8, 4) is 0 Å². The molecule has 1 aliphatic heterocycles. The van der Waals surface area contributed by atoms with Crippen molar-refractivity contribution in [2.24, 2.45) is 0 Å². The highest BCUT2D eigenvalue weighted by Crippen LogP contribution is 2.30. The van der Waals surface area contributed by atoms with Crippen molar-refractivity contribution >= 4 is 29.1 Å². The minimum Gasteiger partial charge on any atom is -0.368 e. The molecule has 2 rings (SSSR count). The van der Waals surface area contributed by atoms with Crippen LogP contribution in [0.5, 0.6) is 0 Å². The first-order chi connectivity index (χ1) is 8.90. The fraction of sp³-hybridized carbons (Fsp3) is 0.500. The van der Waals surface area contributed by atoms with Crippen molar-refractivity contribution in [3.63, 3.8) is 0 Å². The van der Waals surface area contributed by atoms with Crippen LogP contribution in [0.25, 0.3) is 0 Å². The second kappa shape index (κ2) is 5.70. The Balaban J connectivity index is 2.14. The molecule has 0 radical (unpaired) electrons. The van der Waals surface area contributed by atoms with Gasteiger partial charge in [0.15, 0.2) is 0 Å². The van der Waals surface area contributed by atoms with E-state index >= 15 is 0 Å². The van der Waals surface area contributed by atoms with Crippen molar-refractivity contribution in [1.82, 2.24) is 5.32 Å². The molecule has 1 aromatic rings. The third-order valence-corrected chi connectivity index (χ3v) is 3.81. The quantitative estimate of drug-likeness (QED) is 0.927. The molecule has 1 aliphatic rings. The first kappa shape index (κ1) is 14.6. The van der Waals surface area contributed by atoms with Gasteiger partial charge in [0, 0.05) is 16.7 Å². The second-order valence-electron chi connectivity index (χ2n) is 5.24. The van der Waals surface area contributed by atoms with Gasteiger partial charge in [0.25, 0.3) is 0 Å². The van der Waals surface area contributed by atoms with Gasteiger partial charge in [-0.1, -0.05) is 29.3 Å². The van der Waals surface area contributed by atoms with E-state index in [4.69, 9.17) is 27.9 Å². The Labute approximate surface area is 123 Å². The number of rotatable bonds is 3. The number of amides is 1. The maximum absolute atomic E-state index is 12.1. The van der Waals surface area contributed by atoms with Gasteiger partial charge in [-0.3, -0.25) is 4.79 Å². The van der Waals surface area contributed by atoms with Gasteiger partial charge in [0.2, 0.25) is 5.91 Å². The second-order valence-corrected chi connectivity index (χ2v) is 6.08. The monoisotopic (exact) mass is 301 g/mol. The summed E-state index contributed by atoms with van der Waals surface area (Å²) in [5.74, 6) is -0.0893. The number of ether oxygens (including phenoxy) is 1. The van der Waals surface area contributed by atoms with Crippen molar-refractivity contribution in [2.45, 2.75) is 38.3 Å². The number of carbonyl (C=O) groups is 1. The lowest BCUT2D eigenvalue weighted by Crippen LogP contribution is -2.45. The van der Waals surface area contributed by atoms with Crippen LogP contribution in [0, 0.1) is 0 Å². The van der Waals surface area contributed by atoms with E-state index in [1.165, 1.54) is 0 Å². The summed E-state index contributed by atoms with van der Waals surface area (Å²) in [6.45, 7) is 4.48. The van der Waals surface area contributed by atoms with Crippen LogP contribution in [0.15, 0.2) is 18.2 Å². The van der Waals surface area contributed by atoms with E-state index < -0.39 is 5.54 Å². The van der Waals surface area contributed by atoms with Crippen molar-refractivity contribution < 1.29 is 9.53 Å². The molecule has 104 valence electrons. The average Bonchev–Trinajstić information content (AvgIpc) is 2.80. The van der Waals surface area contributed by atoms with Crippen LogP contribution in [0.4, 0.5) is 0 Å². The molecule has 1 fully saturated rings. The number of benzene rings is 1. The van der Waals surface area contributed by atoms with Crippen LogP contribution in [0.3, 0.4) is 0 Å². The molecule has 1 atom stereocenters. The molecule has 5 heteroatoms. The highest BCUT2D eigenvalue weighted by atomic mass is 35.5. The highest BCUT2D eigenvalue weighted by molar-refractivity contribution is 6.35. The fourth-order valence-electron chi connectivity index (χ4n) is 2.24. The highest BCUT2D eigenvalue weighted by Gasteiger charge is 2.30. The predicted octanol–water partition coefficient (Wildman–Crippen LogP) is 3.52. The molecule has 1 N–H and O–H groups in total. The molecule has 0 bridgehead atoms. The molecule has 1 amide bonds. The minimum absolute atomic E-state index is 0.0893. The van der Waals surface area contributed by atoms with Crippen molar-refractivity contribution in [1.29, 1.82) is 0 Å². The zero-order chi connectivity index (χ0) is 14.0. The number of halogens is 2. The Kier molecular flexibility index (Phi) is 4.39. The summed E-state index contributed by atoms with van der Waals surface area (Å²) in [6.07, 6.45) is 1.36. The summed E-state index contributed by atoms with van der Waals surface area (Å²) in [7, 11) is 0. The summed E-state index contributed by atoms with van der Waals surface area (Å²) in [6, 6.07) is 5.28. The van der Waals surface area contributed by atoms with Crippen LogP contribution in [-0.4, -0.2) is 18.6 Å². The van der Waals surface area contributed by atoms with Gasteiger partial charge in [-0.15, -0.1) is 0 Å². The molecule has 0 aliphatic carbocycles. The predicted molar refractivity (Wildman–Crippen MR) is 76.6 cm³/mol. The van der Waals surface area contributed by atoms with Crippen LogP contribution < -0.4 is 5.32 Å². The Morgan fingerprint density at radius 1 is 1.42 bits per heavy atom. The van der Waals surface area contributed by atoms with Crippen LogP contribution in [0.1, 0.15) is 32.3 Å². The fourth-order valence-corrected chi connectivity index (χ4v) is 2.88. The Hall–Kier alpha value is -0.770. The van der Waals surface area contributed by atoms with Crippen molar-refractivity contribution in [3.05, 3.63) is 33.8 Å². The largest absolute Gasteiger partial charge is 0.368 e.